The zero-order valence-corrected chi connectivity index (χ0v) is 9.03. The number of ether oxygens (including phenoxy) is 1. The minimum absolute atomic E-state index is 0.162. The van der Waals surface area contributed by atoms with Gasteiger partial charge in [0.25, 0.3) is 0 Å². The molecule has 1 saturated heterocycles. The first-order valence-corrected chi connectivity index (χ1v) is 5.19. The number of carbonyl (C=O) groups is 1. The number of hydrogen-bond acceptors (Lipinski definition) is 3. The van der Waals surface area contributed by atoms with E-state index in [9.17, 15) is 4.79 Å². The smallest absolute Gasteiger partial charge is 0.222 e. The van der Waals surface area contributed by atoms with Crippen molar-refractivity contribution in [2.45, 2.75) is 38.3 Å². The molecule has 0 bridgehead atoms. The molecule has 0 aromatic rings. The molecule has 1 amide bonds. The third-order valence-corrected chi connectivity index (χ3v) is 2.74. The summed E-state index contributed by atoms with van der Waals surface area (Å²) in [6, 6.07) is 0.179. The lowest BCUT2D eigenvalue weighted by atomic mass is 10.2. The maximum Gasteiger partial charge on any atom is 0.222 e. The van der Waals surface area contributed by atoms with Crippen LogP contribution in [0.4, 0.5) is 0 Å². The summed E-state index contributed by atoms with van der Waals surface area (Å²) in [4.78, 5) is 13.5. The fourth-order valence-corrected chi connectivity index (χ4v) is 1.62. The largest absolute Gasteiger partial charge is 0.382 e. The van der Waals surface area contributed by atoms with Gasteiger partial charge in [-0.2, -0.15) is 0 Å². The van der Waals surface area contributed by atoms with Gasteiger partial charge in [0.05, 0.1) is 6.10 Å². The standard InChI is InChI=1S/C10H20N2O2/c1-8(14-2)3-4-10(13)12-6-5-9(11)7-12/h8-9H,3-7,11H2,1-2H3. The average Bonchev–Trinajstić information content (AvgIpc) is 2.60. The lowest BCUT2D eigenvalue weighted by Crippen LogP contribution is -2.32. The molecule has 1 aliphatic heterocycles. The highest BCUT2D eigenvalue weighted by Gasteiger charge is 2.23. The molecule has 82 valence electrons. The molecule has 2 atom stereocenters. The van der Waals surface area contributed by atoms with Crippen LogP contribution in [0.15, 0.2) is 0 Å². The van der Waals surface area contributed by atoms with Crippen LogP contribution in [0.2, 0.25) is 0 Å². The highest BCUT2D eigenvalue weighted by molar-refractivity contribution is 5.76. The van der Waals surface area contributed by atoms with Crippen molar-refractivity contribution < 1.29 is 9.53 Å². The van der Waals surface area contributed by atoms with E-state index in [0.29, 0.717) is 6.42 Å². The molecule has 0 aliphatic carbocycles. The Bertz CT molecular complexity index is 197. The summed E-state index contributed by atoms with van der Waals surface area (Å²) < 4.78 is 5.09. The second kappa shape index (κ2) is 5.32. The summed E-state index contributed by atoms with van der Waals surface area (Å²) in [6.07, 6.45) is 2.46. The Morgan fingerprint density at radius 2 is 2.43 bits per heavy atom. The lowest BCUT2D eigenvalue weighted by Gasteiger charge is -2.16. The van der Waals surface area contributed by atoms with E-state index >= 15 is 0 Å². The summed E-state index contributed by atoms with van der Waals surface area (Å²) in [5, 5.41) is 0. The van der Waals surface area contributed by atoms with Gasteiger partial charge in [0.1, 0.15) is 0 Å². The van der Waals surface area contributed by atoms with Crippen molar-refractivity contribution >= 4 is 5.91 Å². The van der Waals surface area contributed by atoms with E-state index in [-0.39, 0.29) is 18.1 Å². The Morgan fingerprint density at radius 1 is 1.71 bits per heavy atom. The first-order valence-electron chi connectivity index (χ1n) is 5.19. The molecule has 0 aromatic carbocycles. The zero-order valence-electron chi connectivity index (χ0n) is 9.03. The van der Waals surface area contributed by atoms with Gasteiger partial charge in [-0.25, -0.2) is 0 Å². The van der Waals surface area contributed by atoms with E-state index in [0.717, 1.165) is 25.9 Å². The van der Waals surface area contributed by atoms with Gasteiger partial charge in [-0.3, -0.25) is 4.79 Å². The summed E-state index contributed by atoms with van der Waals surface area (Å²) >= 11 is 0. The van der Waals surface area contributed by atoms with Crippen LogP contribution in [0.25, 0.3) is 0 Å². The Kier molecular flexibility index (Phi) is 4.35. The van der Waals surface area contributed by atoms with E-state index in [4.69, 9.17) is 10.5 Å². The summed E-state index contributed by atoms with van der Waals surface area (Å²) in [5.41, 5.74) is 5.73. The third-order valence-electron chi connectivity index (χ3n) is 2.74. The van der Waals surface area contributed by atoms with Crippen molar-refractivity contribution in [3.8, 4) is 0 Å². The van der Waals surface area contributed by atoms with Crippen LogP contribution in [0, 0.1) is 0 Å². The van der Waals surface area contributed by atoms with Crippen molar-refractivity contribution in [1.82, 2.24) is 4.90 Å². The maximum atomic E-state index is 11.6. The highest BCUT2D eigenvalue weighted by Crippen LogP contribution is 2.10. The van der Waals surface area contributed by atoms with Crippen LogP contribution < -0.4 is 5.73 Å². The number of carbonyl (C=O) groups excluding carboxylic acids is 1. The zero-order chi connectivity index (χ0) is 10.6. The van der Waals surface area contributed by atoms with Gasteiger partial charge in [0, 0.05) is 32.7 Å². The SMILES string of the molecule is COC(C)CCC(=O)N1CCC(N)C1. The second-order valence-corrected chi connectivity index (χ2v) is 3.97. The molecule has 2 unspecified atom stereocenters. The van der Waals surface area contributed by atoms with Crippen LogP contribution >= 0.6 is 0 Å². The molecule has 0 aromatic heterocycles. The number of likely N-dealkylation sites (tertiary alicyclic amines) is 1. The molecule has 1 aliphatic rings. The highest BCUT2D eigenvalue weighted by atomic mass is 16.5. The van der Waals surface area contributed by atoms with E-state index in [1.807, 2.05) is 11.8 Å². The van der Waals surface area contributed by atoms with Gasteiger partial charge in [0.2, 0.25) is 5.91 Å². The van der Waals surface area contributed by atoms with Crippen molar-refractivity contribution in [1.29, 1.82) is 0 Å². The Balaban J connectivity index is 2.22. The monoisotopic (exact) mass is 200 g/mol. The molecular formula is C10H20N2O2. The number of amides is 1. The van der Waals surface area contributed by atoms with Crippen LogP contribution in [-0.4, -0.2) is 43.2 Å². The molecule has 1 heterocycles. The minimum atomic E-state index is 0.162. The predicted octanol–water partition coefficient (Wildman–Crippen LogP) is 0.361. The van der Waals surface area contributed by atoms with Gasteiger partial charge >= 0.3 is 0 Å². The fourth-order valence-electron chi connectivity index (χ4n) is 1.62. The fraction of sp³-hybridized carbons (Fsp3) is 0.900. The molecule has 2 N–H and O–H groups in total. The van der Waals surface area contributed by atoms with E-state index in [1.54, 1.807) is 7.11 Å². The number of rotatable bonds is 4. The first kappa shape index (κ1) is 11.5. The molecular weight excluding hydrogens is 180 g/mol. The topological polar surface area (TPSA) is 55.6 Å². The maximum absolute atomic E-state index is 11.6. The van der Waals surface area contributed by atoms with Gasteiger partial charge in [-0.15, -0.1) is 0 Å². The molecule has 1 fully saturated rings. The summed E-state index contributed by atoms with van der Waals surface area (Å²) in [6.45, 7) is 3.52. The van der Waals surface area contributed by atoms with Crippen molar-refractivity contribution in [2.24, 2.45) is 5.73 Å². The third kappa shape index (κ3) is 3.27. The Morgan fingerprint density at radius 3 is 2.93 bits per heavy atom. The van der Waals surface area contributed by atoms with Crippen LogP contribution in [-0.2, 0) is 9.53 Å². The number of nitrogens with zero attached hydrogens (tertiary/aromatic N) is 1. The van der Waals surface area contributed by atoms with E-state index in [1.165, 1.54) is 0 Å². The Labute approximate surface area is 85.4 Å². The van der Waals surface area contributed by atoms with Crippen molar-refractivity contribution in [2.75, 3.05) is 20.2 Å². The quantitative estimate of drug-likeness (QED) is 0.713. The predicted molar refractivity (Wildman–Crippen MR) is 54.9 cm³/mol. The van der Waals surface area contributed by atoms with E-state index < -0.39 is 0 Å². The van der Waals surface area contributed by atoms with E-state index in [2.05, 4.69) is 0 Å². The minimum Gasteiger partial charge on any atom is -0.382 e. The van der Waals surface area contributed by atoms with Crippen LogP contribution in [0.5, 0.6) is 0 Å². The number of nitrogens with two attached hydrogens (primary N) is 1. The normalized spacial score (nSPS) is 23.9. The molecule has 4 heteroatoms. The van der Waals surface area contributed by atoms with Crippen molar-refractivity contribution in [3.05, 3.63) is 0 Å². The Hall–Kier alpha value is -0.610. The summed E-state index contributed by atoms with van der Waals surface area (Å²) in [5.74, 6) is 0.210. The molecule has 1 rings (SSSR count). The van der Waals surface area contributed by atoms with Crippen LogP contribution in [0.3, 0.4) is 0 Å². The molecule has 0 saturated carbocycles. The van der Waals surface area contributed by atoms with Crippen LogP contribution in [0.1, 0.15) is 26.2 Å². The number of methoxy groups -OCH3 is 1. The van der Waals surface area contributed by atoms with Gasteiger partial charge in [0.15, 0.2) is 0 Å². The molecule has 0 spiro atoms. The summed E-state index contributed by atoms with van der Waals surface area (Å²) in [7, 11) is 1.67. The van der Waals surface area contributed by atoms with Crippen molar-refractivity contribution in [3.63, 3.8) is 0 Å². The lowest BCUT2D eigenvalue weighted by molar-refractivity contribution is -0.130. The molecule has 0 radical (unpaired) electrons. The molecule has 4 nitrogen and oxygen atoms in total. The first-order chi connectivity index (χ1) is 6.63. The average molecular weight is 200 g/mol. The molecule has 14 heavy (non-hydrogen) atoms. The second-order valence-electron chi connectivity index (χ2n) is 3.97. The van der Waals surface area contributed by atoms with Gasteiger partial charge in [-0.1, -0.05) is 0 Å². The number of hydrogen-bond donors (Lipinski definition) is 1. The van der Waals surface area contributed by atoms with Gasteiger partial charge in [-0.05, 0) is 19.8 Å². The van der Waals surface area contributed by atoms with Gasteiger partial charge < -0.3 is 15.4 Å².